The van der Waals surface area contributed by atoms with Crippen LogP contribution in [-0.4, -0.2) is 22.1 Å². The van der Waals surface area contributed by atoms with E-state index < -0.39 is 11.7 Å². The van der Waals surface area contributed by atoms with E-state index in [-0.39, 0.29) is 0 Å². The second kappa shape index (κ2) is 5.79. The van der Waals surface area contributed by atoms with Gasteiger partial charge in [-0.3, -0.25) is 0 Å². The normalized spacial score (nSPS) is 19.1. The molecular weight excluding hydrogens is 244 g/mol. The van der Waals surface area contributed by atoms with Crippen molar-refractivity contribution < 1.29 is 10.2 Å². The molecule has 0 radical (unpaired) electrons. The van der Waals surface area contributed by atoms with Crippen LogP contribution in [0.5, 0.6) is 0 Å². The lowest BCUT2D eigenvalue weighted by atomic mass is 10.0. The lowest BCUT2D eigenvalue weighted by molar-refractivity contribution is 0.109. The molecule has 1 fully saturated rings. The molecule has 0 saturated heterocycles. The van der Waals surface area contributed by atoms with Crippen LogP contribution in [-0.2, 0) is 0 Å². The Kier molecular flexibility index (Phi) is 4.34. The maximum Gasteiger partial charge on any atom is 0.140 e. The van der Waals surface area contributed by atoms with Crippen LogP contribution in [0.1, 0.15) is 37.4 Å². The number of hydrogen-bond acceptors (Lipinski definition) is 3. The minimum atomic E-state index is -0.875. The van der Waals surface area contributed by atoms with Crippen molar-refractivity contribution in [2.24, 2.45) is 0 Å². The first-order valence-electron chi connectivity index (χ1n) is 6.20. The molecule has 1 aromatic carbocycles. The number of benzene rings is 1. The van der Waals surface area contributed by atoms with Gasteiger partial charge in [-0.05, 0) is 49.6 Å². The van der Waals surface area contributed by atoms with Gasteiger partial charge in [0.1, 0.15) is 11.7 Å². The van der Waals surface area contributed by atoms with Gasteiger partial charge in [-0.15, -0.1) is 11.8 Å². The molecule has 1 aliphatic carbocycles. The number of aliphatic hydroxyl groups is 2. The molecule has 0 unspecified atom stereocenters. The summed E-state index contributed by atoms with van der Waals surface area (Å²) in [5.41, 5.74) is -0.0953. The lowest BCUT2D eigenvalue weighted by Crippen LogP contribution is -2.21. The van der Waals surface area contributed by atoms with E-state index in [1.807, 2.05) is 30.5 Å². The van der Waals surface area contributed by atoms with Crippen molar-refractivity contribution in [3.05, 3.63) is 29.8 Å². The number of rotatable bonds is 2. The van der Waals surface area contributed by atoms with Crippen molar-refractivity contribution in [1.29, 1.82) is 0 Å². The molecule has 0 heterocycles. The van der Waals surface area contributed by atoms with Gasteiger partial charge in [0.2, 0.25) is 0 Å². The van der Waals surface area contributed by atoms with E-state index in [1.165, 1.54) is 0 Å². The molecule has 1 atom stereocenters. The van der Waals surface area contributed by atoms with Gasteiger partial charge in [0.25, 0.3) is 0 Å². The molecule has 1 saturated carbocycles. The molecule has 0 aliphatic heterocycles. The third-order valence-electron chi connectivity index (χ3n) is 3.30. The largest absolute Gasteiger partial charge is 0.378 e. The van der Waals surface area contributed by atoms with Crippen molar-refractivity contribution in [3.63, 3.8) is 0 Å². The second-order valence-corrected chi connectivity index (χ2v) is 5.56. The van der Waals surface area contributed by atoms with Gasteiger partial charge >= 0.3 is 0 Å². The number of aliphatic hydroxyl groups excluding tert-OH is 1. The van der Waals surface area contributed by atoms with Gasteiger partial charge in [0, 0.05) is 4.90 Å². The zero-order valence-corrected chi connectivity index (χ0v) is 11.3. The Balaban J connectivity index is 2.07. The molecule has 0 spiro atoms. The fourth-order valence-electron chi connectivity index (χ4n) is 2.16. The van der Waals surface area contributed by atoms with E-state index >= 15 is 0 Å². The van der Waals surface area contributed by atoms with E-state index in [0.29, 0.717) is 0 Å². The van der Waals surface area contributed by atoms with Crippen LogP contribution in [0.15, 0.2) is 29.2 Å². The molecule has 18 heavy (non-hydrogen) atoms. The summed E-state index contributed by atoms with van der Waals surface area (Å²) in [4.78, 5) is 1.16. The van der Waals surface area contributed by atoms with Gasteiger partial charge < -0.3 is 10.2 Å². The average molecular weight is 262 g/mol. The average Bonchev–Trinajstić information content (AvgIpc) is 2.83. The Morgan fingerprint density at radius 3 is 2.39 bits per heavy atom. The van der Waals surface area contributed by atoms with E-state index in [9.17, 15) is 10.2 Å². The summed E-state index contributed by atoms with van der Waals surface area (Å²) in [6.07, 6.45) is 4.68. The smallest absolute Gasteiger partial charge is 0.140 e. The van der Waals surface area contributed by atoms with Crippen molar-refractivity contribution in [1.82, 2.24) is 0 Å². The molecule has 0 aromatic heterocycles. The standard InChI is InChI=1S/C15H18O2S/c1-18-13-6-4-12(5-7-13)14(16)8-11-15(17)9-2-3-10-15/h4-7,14,16-17H,2-3,9-10H2,1H3/t14-/m1/s1. The molecule has 0 amide bonds. The van der Waals surface area contributed by atoms with Gasteiger partial charge in [0.05, 0.1) is 0 Å². The zero-order chi connectivity index (χ0) is 13.0. The van der Waals surface area contributed by atoms with E-state index in [4.69, 9.17) is 0 Å². The summed E-state index contributed by atoms with van der Waals surface area (Å²) in [6, 6.07) is 7.69. The summed E-state index contributed by atoms with van der Waals surface area (Å²) in [7, 11) is 0. The predicted molar refractivity (Wildman–Crippen MR) is 74.4 cm³/mol. The Morgan fingerprint density at radius 1 is 1.22 bits per heavy atom. The van der Waals surface area contributed by atoms with Crippen LogP contribution < -0.4 is 0 Å². The maximum absolute atomic E-state index is 10.1. The second-order valence-electron chi connectivity index (χ2n) is 4.68. The minimum absolute atomic E-state index is 0.720. The molecule has 1 aromatic rings. The predicted octanol–water partition coefficient (Wildman–Crippen LogP) is 2.75. The molecule has 0 bridgehead atoms. The van der Waals surface area contributed by atoms with E-state index in [2.05, 4.69) is 11.8 Å². The SMILES string of the molecule is CSc1ccc([C@H](O)C#CC2(O)CCCC2)cc1. The van der Waals surface area contributed by atoms with Crippen LogP contribution >= 0.6 is 11.8 Å². The van der Waals surface area contributed by atoms with Crippen LogP contribution in [0.3, 0.4) is 0 Å². The Bertz CT molecular complexity index is 450. The Hall–Kier alpha value is -0.950. The van der Waals surface area contributed by atoms with E-state index in [1.54, 1.807) is 11.8 Å². The van der Waals surface area contributed by atoms with E-state index in [0.717, 1.165) is 36.1 Å². The summed E-state index contributed by atoms with van der Waals surface area (Å²) >= 11 is 1.66. The number of thioether (sulfide) groups is 1. The van der Waals surface area contributed by atoms with Crippen molar-refractivity contribution in [2.75, 3.05) is 6.26 Å². The Morgan fingerprint density at radius 2 is 1.83 bits per heavy atom. The fourth-order valence-corrected chi connectivity index (χ4v) is 2.57. The minimum Gasteiger partial charge on any atom is -0.378 e. The molecular formula is C15H18O2S. The first kappa shape index (κ1) is 13.5. The van der Waals surface area contributed by atoms with Gasteiger partial charge in [-0.1, -0.05) is 24.0 Å². The van der Waals surface area contributed by atoms with Gasteiger partial charge in [0.15, 0.2) is 0 Å². The first-order chi connectivity index (χ1) is 8.63. The molecule has 2 rings (SSSR count). The summed E-state index contributed by atoms with van der Waals surface area (Å²) in [5, 5.41) is 20.0. The highest BCUT2D eigenvalue weighted by atomic mass is 32.2. The summed E-state index contributed by atoms with van der Waals surface area (Å²) in [5.74, 6) is 5.60. The van der Waals surface area contributed by atoms with Crippen molar-refractivity contribution in [2.45, 2.75) is 42.3 Å². The van der Waals surface area contributed by atoms with Crippen molar-refractivity contribution >= 4 is 11.8 Å². The molecule has 3 heteroatoms. The topological polar surface area (TPSA) is 40.5 Å². The van der Waals surface area contributed by atoms with Gasteiger partial charge in [-0.2, -0.15) is 0 Å². The molecule has 2 nitrogen and oxygen atoms in total. The summed E-state index contributed by atoms with van der Waals surface area (Å²) < 4.78 is 0. The maximum atomic E-state index is 10.1. The quantitative estimate of drug-likeness (QED) is 0.636. The monoisotopic (exact) mass is 262 g/mol. The fraction of sp³-hybridized carbons (Fsp3) is 0.467. The first-order valence-corrected chi connectivity index (χ1v) is 7.42. The molecule has 96 valence electrons. The van der Waals surface area contributed by atoms with Crippen molar-refractivity contribution in [3.8, 4) is 11.8 Å². The lowest BCUT2D eigenvalue weighted by Gasteiger charge is -2.13. The van der Waals surface area contributed by atoms with Crippen LogP contribution in [0.25, 0.3) is 0 Å². The molecule has 1 aliphatic rings. The van der Waals surface area contributed by atoms with Crippen LogP contribution in [0, 0.1) is 11.8 Å². The summed E-state index contributed by atoms with van der Waals surface area (Å²) in [6.45, 7) is 0. The highest BCUT2D eigenvalue weighted by Crippen LogP contribution is 2.29. The Labute approximate surface area is 112 Å². The highest BCUT2D eigenvalue weighted by Gasteiger charge is 2.28. The number of hydrogen-bond donors (Lipinski definition) is 2. The van der Waals surface area contributed by atoms with Crippen LogP contribution in [0.4, 0.5) is 0 Å². The third kappa shape index (κ3) is 3.29. The molecule has 2 N–H and O–H groups in total. The van der Waals surface area contributed by atoms with Gasteiger partial charge in [-0.25, -0.2) is 0 Å². The van der Waals surface area contributed by atoms with Crippen LogP contribution in [0.2, 0.25) is 0 Å². The highest BCUT2D eigenvalue weighted by molar-refractivity contribution is 7.98. The third-order valence-corrected chi connectivity index (χ3v) is 4.05. The zero-order valence-electron chi connectivity index (χ0n) is 10.5.